The summed E-state index contributed by atoms with van der Waals surface area (Å²) < 4.78 is 1.66. The number of anilines is 1. The van der Waals surface area contributed by atoms with Crippen molar-refractivity contribution in [2.75, 3.05) is 5.32 Å². The van der Waals surface area contributed by atoms with E-state index in [2.05, 4.69) is 29.9 Å². The van der Waals surface area contributed by atoms with Gasteiger partial charge in [0, 0.05) is 11.8 Å². The maximum absolute atomic E-state index is 12.0. The Hall–Kier alpha value is -2.21. The van der Waals surface area contributed by atoms with Gasteiger partial charge in [0.25, 0.3) is 5.91 Å². The average Bonchev–Trinajstić information content (AvgIpc) is 2.38. The molecule has 0 saturated carbocycles. The van der Waals surface area contributed by atoms with Crippen LogP contribution >= 0.6 is 0 Å². The second-order valence-corrected chi connectivity index (χ2v) is 10.3. The molecule has 0 aliphatic rings. The van der Waals surface area contributed by atoms with Crippen LogP contribution < -0.4 is 11.0 Å². The zero-order valence-corrected chi connectivity index (χ0v) is 12.8. The molecule has 0 aliphatic heterocycles. The average molecular weight is 287 g/mol. The molecule has 0 fully saturated rings. The molecular weight excluding hydrogens is 270 g/mol. The van der Waals surface area contributed by atoms with E-state index in [4.69, 9.17) is 0 Å². The normalized spacial score (nSPS) is 11.2. The summed E-state index contributed by atoms with van der Waals surface area (Å²) in [5.74, 6) is 0.00149. The Bertz CT molecular complexity index is 675. The molecule has 1 aromatic heterocycles. The van der Waals surface area contributed by atoms with E-state index in [0.29, 0.717) is 5.56 Å². The molecule has 1 N–H and O–H groups in total. The molecule has 1 amide bonds. The van der Waals surface area contributed by atoms with Crippen LogP contribution in [0.2, 0.25) is 19.6 Å². The molecule has 5 nitrogen and oxygen atoms in total. The van der Waals surface area contributed by atoms with E-state index >= 15 is 0 Å². The second-order valence-electron chi connectivity index (χ2n) is 5.46. The maximum Gasteiger partial charge on any atom is 0.341 e. The topological polar surface area (TPSA) is 64.0 Å². The highest BCUT2D eigenvalue weighted by atomic mass is 28.3. The van der Waals surface area contributed by atoms with Crippen molar-refractivity contribution in [3.63, 3.8) is 0 Å². The van der Waals surface area contributed by atoms with Gasteiger partial charge in [0.1, 0.15) is 5.82 Å². The van der Waals surface area contributed by atoms with Crippen molar-refractivity contribution in [3.8, 4) is 0 Å². The van der Waals surface area contributed by atoms with E-state index < -0.39 is 8.24 Å². The lowest BCUT2D eigenvalue weighted by molar-refractivity contribution is 0.102. The molecule has 1 heterocycles. The predicted octanol–water partition coefficient (Wildman–Crippen LogP) is 2.18. The third kappa shape index (κ3) is 3.21. The third-order valence-corrected chi connectivity index (χ3v) is 4.59. The van der Waals surface area contributed by atoms with Gasteiger partial charge in [0.05, 0.1) is 0 Å². The first-order valence-electron chi connectivity index (χ1n) is 6.34. The molecule has 6 heteroatoms. The number of rotatable bonds is 3. The maximum atomic E-state index is 12.0. The monoisotopic (exact) mass is 287 g/mol. The van der Waals surface area contributed by atoms with Crippen LogP contribution in [0.5, 0.6) is 0 Å². The summed E-state index contributed by atoms with van der Waals surface area (Å²) in [6, 6.07) is 10.5. The lowest BCUT2D eigenvalue weighted by Gasteiger charge is -2.19. The number of aromatic nitrogens is 2. The lowest BCUT2D eigenvalue weighted by atomic mass is 10.2. The standard InChI is InChI=1S/C14H17N3O2Si/c1-20(2,3)17-10-9-12(16-14(17)19)15-13(18)11-7-5-4-6-8-11/h4-10H,1-3H3,(H,15,16,18,19). The number of nitrogens with zero attached hydrogens (tertiary/aromatic N) is 2. The van der Waals surface area contributed by atoms with Crippen molar-refractivity contribution in [1.82, 2.24) is 9.22 Å². The zero-order chi connectivity index (χ0) is 14.8. The number of benzene rings is 1. The van der Waals surface area contributed by atoms with Gasteiger partial charge in [-0.1, -0.05) is 37.8 Å². The van der Waals surface area contributed by atoms with Gasteiger partial charge in [-0.15, -0.1) is 0 Å². The number of carbonyl (C=O) groups is 1. The summed E-state index contributed by atoms with van der Waals surface area (Å²) in [6.45, 7) is 6.16. The summed E-state index contributed by atoms with van der Waals surface area (Å²) in [4.78, 5) is 27.8. The molecule has 0 spiro atoms. The number of nitrogens with one attached hydrogen (secondary N) is 1. The number of carbonyl (C=O) groups excluding carboxylic acids is 1. The fourth-order valence-corrected chi connectivity index (χ4v) is 2.91. The summed E-state index contributed by atoms with van der Waals surface area (Å²) >= 11 is 0. The van der Waals surface area contributed by atoms with Crippen molar-refractivity contribution in [1.29, 1.82) is 0 Å². The van der Waals surface area contributed by atoms with E-state index in [1.165, 1.54) is 0 Å². The Morgan fingerprint density at radius 1 is 1.15 bits per heavy atom. The predicted molar refractivity (Wildman–Crippen MR) is 81.6 cm³/mol. The summed E-state index contributed by atoms with van der Waals surface area (Å²) in [5.41, 5.74) is 0.207. The van der Waals surface area contributed by atoms with Gasteiger partial charge < -0.3 is 9.55 Å². The Balaban J connectivity index is 2.22. The van der Waals surface area contributed by atoms with Crippen LogP contribution in [0.15, 0.2) is 47.4 Å². The molecule has 2 aromatic rings. The van der Waals surface area contributed by atoms with Gasteiger partial charge in [-0.25, -0.2) is 4.79 Å². The Labute approximate surface area is 118 Å². The van der Waals surface area contributed by atoms with Crippen LogP contribution in [-0.2, 0) is 0 Å². The number of hydrogen-bond acceptors (Lipinski definition) is 3. The number of hydrogen-bond donors (Lipinski definition) is 1. The van der Waals surface area contributed by atoms with E-state index in [-0.39, 0.29) is 17.4 Å². The van der Waals surface area contributed by atoms with Crippen molar-refractivity contribution < 1.29 is 4.79 Å². The van der Waals surface area contributed by atoms with Crippen LogP contribution in [0.1, 0.15) is 10.4 Å². The van der Waals surface area contributed by atoms with Crippen LogP contribution in [0, 0.1) is 0 Å². The highest BCUT2D eigenvalue weighted by Gasteiger charge is 2.18. The largest absolute Gasteiger partial charge is 0.341 e. The van der Waals surface area contributed by atoms with Crippen LogP contribution in [0.25, 0.3) is 0 Å². The van der Waals surface area contributed by atoms with E-state index in [9.17, 15) is 9.59 Å². The van der Waals surface area contributed by atoms with Crippen LogP contribution in [-0.4, -0.2) is 23.4 Å². The minimum atomic E-state index is -1.78. The van der Waals surface area contributed by atoms with E-state index in [1.54, 1.807) is 40.8 Å². The van der Waals surface area contributed by atoms with E-state index in [0.717, 1.165) is 0 Å². The number of amides is 1. The first-order valence-corrected chi connectivity index (χ1v) is 9.79. The van der Waals surface area contributed by atoms with E-state index in [1.807, 2.05) is 6.07 Å². The molecule has 0 saturated heterocycles. The minimum absolute atomic E-state index is 0.275. The molecule has 0 unspecified atom stereocenters. The van der Waals surface area contributed by atoms with Gasteiger partial charge in [-0.2, -0.15) is 4.98 Å². The van der Waals surface area contributed by atoms with Crippen molar-refractivity contribution in [2.24, 2.45) is 0 Å². The van der Waals surface area contributed by atoms with Gasteiger partial charge in [0.15, 0.2) is 8.24 Å². The Morgan fingerprint density at radius 2 is 1.80 bits per heavy atom. The van der Waals surface area contributed by atoms with Crippen molar-refractivity contribution in [3.05, 3.63) is 58.6 Å². The third-order valence-electron chi connectivity index (χ3n) is 2.80. The molecule has 0 aliphatic carbocycles. The molecule has 2 rings (SSSR count). The molecule has 0 atom stereocenters. The highest BCUT2D eigenvalue weighted by Crippen LogP contribution is 2.07. The van der Waals surface area contributed by atoms with Crippen molar-refractivity contribution >= 4 is 20.0 Å². The van der Waals surface area contributed by atoms with Crippen LogP contribution in [0.3, 0.4) is 0 Å². The van der Waals surface area contributed by atoms with Gasteiger partial charge >= 0.3 is 5.69 Å². The Morgan fingerprint density at radius 3 is 2.35 bits per heavy atom. The van der Waals surface area contributed by atoms with Gasteiger partial charge in [-0.3, -0.25) is 4.79 Å². The molecule has 104 valence electrons. The van der Waals surface area contributed by atoms with Gasteiger partial charge in [-0.05, 0) is 18.2 Å². The smallest absolute Gasteiger partial charge is 0.328 e. The second kappa shape index (κ2) is 5.42. The fourth-order valence-electron chi connectivity index (χ4n) is 1.76. The zero-order valence-electron chi connectivity index (χ0n) is 11.8. The van der Waals surface area contributed by atoms with Crippen molar-refractivity contribution in [2.45, 2.75) is 19.6 Å². The summed E-state index contributed by atoms with van der Waals surface area (Å²) in [5, 5.41) is 2.63. The highest BCUT2D eigenvalue weighted by molar-refractivity contribution is 6.74. The Kier molecular flexibility index (Phi) is 3.85. The summed E-state index contributed by atoms with van der Waals surface area (Å²) in [7, 11) is -1.78. The molecule has 0 bridgehead atoms. The van der Waals surface area contributed by atoms with Gasteiger partial charge in [0.2, 0.25) is 0 Å². The molecule has 20 heavy (non-hydrogen) atoms. The fraction of sp³-hybridized carbons (Fsp3) is 0.214. The molecule has 0 radical (unpaired) electrons. The first kappa shape index (κ1) is 14.2. The summed E-state index contributed by atoms with van der Waals surface area (Å²) in [6.07, 6.45) is 1.70. The molecular formula is C14H17N3O2Si. The minimum Gasteiger partial charge on any atom is -0.328 e. The SMILES string of the molecule is C[Si](C)(C)n1ccc(NC(=O)c2ccccc2)nc1=O. The first-order chi connectivity index (χ1) is 9.38. The lowest BCUT2D eigenvalue weighted by Crippen LogP contribution is -2.42. The van der Waals surface area contributed by atoms with Crippen LogP contribution in [0.4, 0.5) is 5.82 Å². The quantitative estimate of drug-likeness (QED) is 0.880. The molecule has 1 aromatic carbocycles.